The molecule has 0 amide bonds. The molecule has 0 aromatic rings. The number of carbonyl (C=O) groups is 1. The Balaban J connectivity index is 1.77. The van der Waals surface area contributed by atoms with Crippen molar-refractivity contribution in [3.8, 4) is 0 Å². The summed E-state index contributed by atoms with van der Waals surface area (Å²) in [6.07, 6.45) is 11.2. The average Bonchev–Trinajstić information content (AvgIpc) is 3.31. The van der Waals surface area contributed by atoms with E-state index >= 15 is 0 Å². The van der Waals surface area contributed by atoms with Gasteiger partial charge in [-0.15, -0.1) is 11.6 Å². The lowest BCUT2D eigenvalue weighted by atomic mass is 9.85. The molecule has 1 fully saturated rings. The molecule has 150 valence electrons. The SMILES string of the molecule is COC1CC=C2N(S(=O)(=O)C3=CCC(Cl)C(C)=C3)C=C(/C=C/C(=O)O)C23CC13. The zero-order chi connectivity index (χ0) is 20.3. The van der Waals surface area contributed by atoms with Gasteiger partial charge < -0.3 is 9.84 Å². The summed E-state index contributed by atoms with van der Waals surface area (Å²) in [5.41, 5.74) is 1.73. The second-order valence-corrected chi connectivity index (χ2v) is 9.98. The fourth-order valence-corrected chi connectivity index (χ4v) is 6.34. The van der Waals surface area contributed by atoms with Gasteiger partial charge >= 0.3 is 5.97 Å². The molecule has 1 aliphatic heterocycles. The molecule has 28 heavy (non-hydrogen) atoms. The number of carboxylic acid groups (broad SMARTS) is 1. The van der Waals surface area contributed by atoms with Crippen LogP contribution in [0.25, 0.3) is 0 Å². The fourth-order valence-electron chi connectivity index (χ4n) is 4.57. The minimum Gasteiger partial charge on any atom is -0.478 e. The maximum absolute atomic E-state index is 13.4. The second kappa shape index (κ2) is 6.61. The van der Waals surface area contributed by atoms with Crippen molar-refractivity contribution in [1.29, 1.82) is 0 Å². The lowest BCUT2D eigenvalue weighted by molar-refractivity contribution is -0.131. The Hall–Kier alpha value is -1.83. The molecule has 0 saturated heterocycles. The molecular formula is C20H22ClNO5S. The van der Waals surface area contributed by atoms with Crippen molar-refractivity contribution in [2.45, 2.75) is 37.7 Å². The molecule has 4 aliphatic rings. The molecule has 4 rings (SSSR count). The first-order valence-electron chi connectivity index (χ1n) is 9.15. The molecule has 3 aliphatic carbocycles. The van der Waals surface area contributed by atoms with Crippen molar-refractivity contribution in [1.82, 2.24) is 4.31 Å². The first-order chi connectivity index (χ1) is 13.2. The number of aliphatic carboxylic acids is 1. The lowest BCUT2D eigenvalue weighted by Crippen LogP contribution is -2.31. The van der Waals surface area contributed by atoms with Crippen LogP contribution in [0.15, 0.2) is 58.3 Å². The standard InChI is InChI=1S/C20H22ClNO5S/c1-12-9-14(4-5-16(12)21)28(25,26)22-11-13(3-8-19(23)24)20-10-15(20)17(27-2)6-7-18(20)22/h3-4,7-9,11,15-17H,5-6,10H2,1-2H3,(H,23,24)/b8-3+. The van der Waals surface area contributed by atoms with Crippen LogP contribution in [0.4, 0.5) is 0 Å². The molecule has 0 bridgehead atoms. The van der Waals surface area contributed by atoms with Crippen molar-refractivity contribution in [3.05, 3.63) is 58.3 Å². The van der Waals surface area contributed by atoms with E-state index in [4.69, 9.17) is 21.4 Å². The molecule has 0 aromatic carbocycles. The smallest absolute Gasteiger partial charge is 0.328 e. The topological polar surface area (TPSA) is 83.9 Å². The van der Waals surface area contributed by atoms with Gasteiger partial charge in [-0.25, -0.2) is 17.5 Å². The van der Waals surface area contributed by atoms with Crippen LogP contribution in [0, 0.1) is 11.3 Å². The van der Waals surface area contributed by atoms with Crippen molar-refractivity contribution in [2.24, 2.45) is 11.3 Å². The molecule has 1 spiro atoms. The van der Waals surface area contributed by atoms with Gasteiger partial charge in [0.25, 0.3) is 10.0 Å². The van der Waals surface area contributed by atoms with E-state index in [0.29, 0.717) is 24.1 Å². The monoisotopic (exact) mass is 423 g/mol. The van der Waals surface area contributed by atoms with E-state index in [2.05, 4.69) is 0 Å². The van der Waals surface area contributed by atoms with Gasteiger partial charge in [-0.05, 0) is 43.9 Å². The van der Waals surface area contributed by atoms with E-state index < -0.39 is 21.4 Å². The Morgan fingerprint density at radius 3 is 2.79 bits per heavy atom. The molecule has 1 saturated carbocycles. The van der Waals surface area contributed by atoms with Crippen molar-refractivity contribution < 1.29 is 23.1 Å². The summed E-state index contributed by atoms with van der Waals surface area (Å²) in [5, 5.41) is 8.84. The van der Waals surface area contributed by atoms with Gasteiger partial charge in [-0.2, -0.15) is 0 Å². The Labute approximate surface area is 169 Å². The van der Waals surface area contributed by atoms with Crippen LogP contribution in [0.2, 0.25) is 0 Å². The highest BCUT2D eigenvalue weighted by Gasteiger charge is 2.67. The number of sulfonamides is 1. The van der Waals surface area contributed by atoms with Crippen LogP contribution in [0.3, 0.4) is 0 Å². The van der Waals surface area contributed by atoms with Gasteiger partial charge in [0.2, 0.25) is 0 Å². The Morgan fingerprint density at radius 2 is 2.14 bits per heavy atom. The maximum Gasteiger partial charge on any atom is 0.328 e. The minimum atomic E-state index is -3.80. The summed E-state index contributed by atoms with van der Waals surface area (Å²) in [7, 11) is -2.15. The fraction of sp³-hybridized carbons (Fsp3) is 0.450. The number of allylic oxidation sites excluding steroid dienone is 5. The number of methoxy groups -OCH3 is 1. The van der Waals surface area contributed by atoms with Gasteiger partial charge in [0.05, 0.1) is 16.4 Å². The number of halogens is 1. The zero-order valence-electron chi connectivity index (χ0n) is 15.6. The molecule has 8 heteroatoms. The van der Waals surface area contributed by atoms with E-state index in [0.717, 1.165) is 18.1 Å². The summed E-state index contributed by atoms with van der Waals surface area (Å²) < 4.78 is 33.7. The number of rotatable bonds is 5. The summed E-state index contributed by atoms with van der Waals surface area (Å²) in [6, 6.07) is 0. The number of ether oxygens (including phenoxy) is 1. The molecule has 0 radical (unpaired) electrons. The quantitative estimate of drug-likeness (QED) is 0.541. The third-order valence-electron chi connectivity index (χ3n) is 6.13. The second-order valence-electron chi connectivity index (χ2n) is 7.64. The summed E-state index contributed by atoms with van der Waals surface area (Å²) in [4.78, 5) is 11.3. The van der Waals surface area contributed by atoms with Gasteiger partial charge in [-0.3, -0.25) is 0 Å². The number of alkyl halides is 1. The van der Waals surface area contributed by atoms with Crippen molar-refractivity contribution >= 4 is 27.6 Å². The zero-order valence-corrected chi connectivity index (χ0v) is 17.2. The Bertz CT molecular complexity index is 990. The van der Waals surface area contributed by atoms with E-state index in [-0.39, 0.29) is 22.3 Å². The predicted octanol–water partition coefficient (Wildman–Crippen LogP) is 3.31. The van der Waals surface area contributed by atoms with Gasteiger partial charge in [0.15, 0.2) is 0 Å². The summed E-state index contributed by atoms with van der Waals surface area (Å²) in [5.74, 6) is -0.922. The summed E-state index contributed by atoms with van der Waals surface area (Å²) >= 11 is 6.18. The number of hydrogen-bond acceptors (Lipinski definition) is 4. The Kier molecular flexibility index (Phi) is 4.60. The van der Waals surface area contributed by atoms with E-state index in [1.54, 1.807) is 25.5 Å². The first kappa shape index (κ1) is 19.5. The van der Waals surface area contributed by atoms with E-state index in [9.17, 15) is 13.2 Å². The third-order valence-corrected chi connectivity index (χ3v) is 8.35. The van der Waals surface area contributed by atoms with Crippen molar-refractivity contribution in [2.75, 3.05) is 7.11 Å². The Morgan fingerprint density at radius 1 is 1.39 bits per heavy atom. The van der Waals surface area contributed by atoms with E-state index in [1.807, 2.05) is 13.0 Å². The van der Waals surface area contributed by atoms with Crippen LogP contribution in [-0.4, -0.2) is 42.4 Å². The molecular weight excluding hydrogens is 402 g/mol. The normalized spacial score (nSPS) is 34.2. The minimum absolute atomic E-state index is 0.000996. The van der Waals surface area contributed by atoms with Gasteiger partial charge in [-0.1, -0.05) is 17.7 Å². The van der Waals surface area contributed by atoms with Crippen LogP contribution in [0.1, 0.15) is 26.2 Å². The molecule has 4 atom stereocenters. The molecule has 1 N–H and O–H groups in total. The first-order valence-corrected chi connectivity index (χ1v) is 11.0. The maximum atomic E-state index is 13.4. The molecule has 1 heterocycles. The van der Waals surface area contributed by atoms with Crippen LogP contribution >= 0.6 is 11.6 Å². The highest BCUT2D eigenvalue weighted by atomic mass is 35.5. The van der Waals surface area contributed by atoms with Crippen LogP contribution in [-0.2, 0) is 19.6 Å². The molecule has 4 unspecified atom stereocenters. The van der Waals surface area contributed by atoms with E-state index in [1.165, 1.54) is 10.4 Å². The summed E-state index contributed by atoms with van der Waals surface area (Å²) in [6.45, 7) is 1.82. The number of nitrogens with zero attached hydrogens (tertiary/aromatic N) is 1. The van der Waals surface area contributed by atoms with Crippen molar-refractivity contribution in [3.63, 3.8) is 0 Å². The van der Waals surface area contributed by atoms with Crippen LogP contribution in [0.5, 0.6) is 0 Å². The molecule has 0 aromatic heterocycles. The lowest BCUT2D eigenvalue weighted by Gasteiger charge is -2.29. The van der Waals surface area contributed by atoms with Crippen LogP contribution < -0.4 is 0 Å². The highest BCUT2D eigenvalue weighted by Crippen LogP contribution is 2.70. The highest BCUT2D eigenvalue weighted by molar-refractivity contribution is 7.93. The average molecular weight is 424 g/mol. The number of carboxylic acids is 1. The third kappa shape index (κ3) is 2.79. The molecule has 6 nitrogen and oxygen atoms in total. The number of hydrogen-bond donors (Lipinski definition) is 1. The largest absolute Gasteiger partial charge is 0.478 e. The predicted molar refractivity (Wildman–Crippen MR) is 106 cm³/mol. The van der Waals surface area contributed by atoms with Gasteiger partial charge in [0, 0.05) is 36.4 Å². The van der Waals surface area contributed by atoms with Gasteiger partial charge in [0.1, 0.15) is 0 Å².